The number of hydrogen-bond acceptors (Lipinski definition) is 6. The normalized spacial score (nSPS) is 13.7. The molecule has 59 heavy (non-hydrogen) atoms. The summed E-state index contributed by atoms with van der Waals surface area (Å²) in [5, 5.41) is 18.4. The number of aromatic nitrogens is 1. The van der Waals surface area contributed by atoms with Gasteiger partial charge >= 0.3 is 0 Å². The van der Waals surface area contributed by atoms with E-state index in [1.807, 2.05) is 38.5 Å². The van der Waals surface area contributed by atoms with Gasteiger partial charge in [-0.15, -0.1) is 0 Å². The molecule has 0 saturated carbocycles. The van der Waals surface area contributed by atoms with Crippen LogP contribution in [0.25, 0.3) is 18.2 Å². The predicted octanol–water partition coefficient (Wildman–Crippen LogP) is 9.09. The topological polar surface area (TPSA) is 55.3 Å². The molecule has 0 amide bonds. The number of aliphatic hydroxyl groups is 2. The van der Waals surface area contributed by atoms with E-state index in [1.54, 1.807) is 0 Å². The van der Waals surface area contributed by atoms with Crippen LogP contribution in [-0.2, 0) is 19.6 Å². The van der Waals surface area contributed by atoms with Gasteiger partial charge in [0.1, 0.15) is 19.4 Å². The number of allylic oxidation sites excluding steroid dienone is 3. The lowest BCUT2D eigenvalue weighted by molar-refractivity contribution is -0.788. The van der Waals surface area contributed by atoms with Gasteiger partial charge in [0.05, 0.1) is 12.8 Å². The molecule has 1 atom stereocenters. The zero-order valence-electron chi connectivity index (χ0n) is 34.2. The molecule has 0 radical (unpaired) electrons. The van der Waals surface area contributed by atoms with Gasteiger partial charge in [-0.2, -0.15) is 0 Å². The fourth-order valence-electron chi connectivity index (χ4n) is 6.98. The number of rotatable bonds is 25. The first kappa shape index (κ1) is 43.7. The standard InChI is InChI=1S/C51H59N4O2S2/c56-37-35-52-32-27-46(28-33-52)16-15-44-19-23-50(24-20-44)54(42-47-11-3-1-4-12-47)30-7-9-39-58-59-40-10-8-31-55(43-48-13-5-2-6-14-48)51-25-21-45(22-26-51)17-18-49-29-34-53(41-49)36-38-57/h1-6,11-29,32-34,41,56-57H,7-10,30-31,35-40,42-43H2/q+1/p+1/b18-17+. The molecule has 0 bridgehead atoms. The number of pyridine rings is 1. The third-order valence-corrected chi connectivity index (χ3v) is 12.9. The van der Waals surface area contributed by atoms with Crippen molar-refractivity contribution in [1.82, 2.24) is 0 Å². The van der Waals surface area contributed by atoms with Crippen molar-refractivity contribution in [2.75, 3.05) is 54.2 Å². The van der Waals surface area contributed by atoms with Crippen LogP contribution in [0.1, 0.15) is 53.5 Å². The van der Waals surface area contributed by atoms with Crippen LogP contribution in [0.15, 0.2) is 164 Å². The molecule has 8 heteroatoms. The molecular formula is C51H60N4O2S2+2. The maximum Gasteiger partial charge on any atom is 0.171 e. The largest absolute Gasteiger partial charge is 0.390 e. The fraction of sp³-hybridized carbons (Fsp3) is 0.275. The molecule has 0 fully saturated rings. The van der Waals surface area contributed by atoms with E-state index in [0.717, 1.165) is 44.6 Å². The molecule has 1 aliphatic heterocycles. The molecule has 1 aromatic heterocycles. The highest BCUT2D eigenvalue weighted by molar-refractivity contribution is 8.76. The summed E-state index contributed by atoms with van der Waals surface area (Å²) in [6, 6.07) is 43.6. The van der Waals surface area contributed by atoms with Gasteiger partial charge in [-0.1, -0.05) is 125 Å². The van der Waals surface area contributed by atoms with E-state index >= 15 is 0 Å². The Kier molecular flexibility index (Phi) is 18.5. The minimum absolute atomic E-state index is 0.144. The Balaban J connectivity index is 0.920. The van der Waals surface area contributed by atoms with E-state index < -0.39 is 0 Å². The first-order chi connectivity index (χ1) is 29.1. The van der Waals surface area contributed by atoms with Crippen LogP contribution in [0.5, 0.6) is 0 Å². The van der Waals surface area contributed by atoms with Gasteiger partial charge < -0.3 is 20.0 Å². The highest BCUT2D eigenvalue weighted by Gasteiger charge is 2.11. The molecule has 3 N–H and O–H groups in total. The summed E-state index contributed by atoms with van der Waals surface area (Å²) in [6.45, 7) is 5.52. The Labute approximate surface area is 360 Å². The van der Waals surface area contributed by atoms with Crippen LogP contribution >= 0.6 is 21.6 Å². The molecule has 5 aromatic rings. The van der Waals surface area contributed by atoms with E-state index in [4.69, 9.17) is 5.11 Å². The number of nitrogens with zero attached hydrogens (tertiary/aromatic N) is 3. The summed E-state index contributed by atoms with van der Waals surface area (Å²) in [6.07, 6.45) is 23.7. The molecule has 306 valence electrons. The van der Waals surface area contributed by atoms with Crippen molar-refractivity contribution in [3.63, 3.8) is 0 Å². The minimum Gasteiger partial charge on any atom is -0.390 e. The second kappa shape index (κ2) is 24.9. The van der Waals surface area contributed by atoms with Crippen molar-refractivity contribution in [3.05, 3.63) is 192 Å². The Bertz CT molecular complexity index is 2050. The summed E-state index contributed by atoms with van der Waals surface area (Å²) >= 11 is 0. The Morgan fingerprint density at radius 2 is 1.03 bits per heavy atom. The quantitative estimate of drug-likeness (QED) is 0.0311. The van der Waals surface area contributed by atoms with Crippen LogP contribution in [0.4, 0.5) is 11.4 Å². The molecule has 6 rings (SSSR count). The second-order valence-corrected chi connectivity index (χ2v) is 17.5. The smallest absolute Gasteiger partial charge is 0.171 e. The van der Waals surface area contributed by atoms with Gasteiger partial charge in [0.15, 0.2) is 18.9 Å². The first-order valence-electron chi connectivity index (χ1n) is 21.0. The average molecular weight is 825 g/mol. The van der Waals surface area contributed by atoms with Crippen LogP contribution in [0.3, 0.4) is 0 Å². The van der Waals surface area contributed by atoms with Crippen molar-refractivity contribution >= 4 is 51.2 Å². The van der Waals surface area contributed by atoms with Crippen LogP contribution < -0.4 is 19.3 Å². The van der Waals surface area contributed by atoms with E-state index in [9.17, 15) is 5.11 Å². The number of quaternary nitrogens is 1. The molecule has 1 unspecified atom stereocenters. The summed E-state index contributed by atoms with van der Waals surface area (Å²) in [7, 11) is 4.05. The monoisotopic (exact) mass is 824 g/mol. The zero-order chi connectivity index (χ0) is 40.7. The lowest BCUT2D eigenvalue weighted by atomic mass is 10.1. The van der Waals surface area contributed by atoms with Gasteiger partial charge in [-0.25, -0.2) is 4.57 Å². The number of unbranched alkanes of at least 4 members (excludes halogenated alkanes) is 2. The van der Waals surface area contributed by atoms with Crippen molar-refractivity contribution in [2.45, 2.75) is 45.3 Å². The predicted molar refractivity (Wildman–Crippen MR) is 253 cm³/mol. The van der Waals surface area contributed by atoms with E-state index in [2.05, 4.69) is 174 Å². The zero-order valence-corrected chi connectivity index (χ0v) is 35.8. The van der Waals surface area contributed by atoms with Gasteiger partial charge in [0, 0.05) is 72.8 Å². The minimum atomic E-state index is 0.144. The van der Waals surface area contributed by atoms with Gasteiger partial charge in [-0.05, 0) is 83.8 Å². The Morgan fingerprint density at radius 1 is 0.542 bits per heavy atom. The van der Waals surface area contributed by atoms with E-state index in [1.165, 1.54) is 68.4 Å². The SMILES string of the molecule is OCC[n+]1ccc(/C=C/c2ccc(N(CCCCSSCCCCN(Cc3ccccc3)c3ccc(/C=C/C4=C[NH+](CCO)C=C4)cc3)Cc3ccccc3)cc2)cc1. The van der Waals surface area contributed by atoms with E-state index in [-0.39, 0.29) is 13.2 Å². The highest BCUT2D eigenvalue weighted by atomic mass is 33.1. The molecule has 1 aliphatic rings. The lowest BCUT2D eigenvalue weighted by Crippen LogP contribution is -3.02. The summed E-state index contributed by atoms with van der Waals surface area (Å²) in [4.78, 5) is 6.21. The Hall–Kier alpha value is -4.83. The number of hydrogen-bond donors (Lipinski definition) is 3. The van der Waals surface area contributed by atoms with Gasteiger partial charge in [0.25, 0.3) is 0 Å². The first-order valence-corrected chi connectivity index (χ1v) is 23.5. The van der Waals surface area contributed by atoms with Gasteiger partial charge in [0.2, 0.25) is 0 Å². The van der Waals surface area contributed by atoms with E-state index in [0.29, 0.717) is 13.1 Å². The summed E-state index contributed by atoms with van der Waals surface area (Å²) in [5.41, 5.74) is 9.87. The van der Waals surface area contributed by atoms with Crippen molar-refractivity contribution in [3.8, 4) is 0 Å². The lowest BCUT2D eigenvalue weighted by Gasteiger charge is -2.25. The molecule has 2 heterocycles. The maximum atomic E-state index is 9.22. The van der Waals surface area contributed by atoms with Crippen molar-refractivity contribution in [1.29, 1.82) is 0 Å². The molecular weight excluding hydrogens is 765 g/mol. The molecule has 0 saturated heterocycles. The maximum absolute atomic E-state index is 9.22. The number of anilines is 2. The molecule has 6 nitrogen and oxygen atoms in total. The fourth-order valence-corrected chi connectivity index (χ4v) is 9.27. The Morgan fingerprint density at radius 3 is 1.53 bits per heavy atom. The molecule has 0 aliphatic carbocycles. The van der Waals surface area contributed by atoms with Crippen LogP contribution in [0, 0.1) is 0 Å². The van der Waals surface area contributed by atoms with Crippen LogP contribution in [-0.4, -0.2) is 54.6 Å². The van der Waals surface area contributed by atoms with Crippen molar-refractivity contribution < 1.29 is 19.7 Å². The summed E-state index contributed by atoms with van der Waals surface area (Å²) < 4.78 is 1.99. The van der Waals surface area contributed by atoms with Crippen LogP contribution in [0.2, 0.25) is 0 Å². The molecule has 0 spiro atoms. The second-order valence-electron chi connectivity index (χ2n) is 14.8. The van der Waals surface area contributed by atoms with Crippen molar-refractivity contribution in [2.24, 2.45) is 0 Å². The molecule has 4 aromatic carbocycles. The number of benzene rings is 4. The third kappa shape index (κ3) is 15.4. The van der Waals surface area contributed by atoms with Gasteiger partial charge in [-0.3, -0.25) is 4.90 Å². The average Bonchev–Trinajstić information content (AvgIpc) is 3.74. The summed E-state index contributed by atoms with van der Waals surface area (Å²) in [5.74, 6) is 2.34. The highest BCUT2D eigenvalue weighted by Crippen LogP contribution is 2.26. The number of aliphatic hydroxyl groups excluding tert-OH is 2. The third-order valence-electron chi connectivity index (χ3n) is 10.3. The number of nitrogens with one attached hydrogen (secondary N) is 1.